The zero-order valence-corrected chi connectivity index (χ0v) is 18.4. The molecule has 0 bridgehead atoms. The number of carbonyl (C=O) groups is 1. The molecule has 1 atom stereocenters. The Labute approximate surface area is 178 Å². The van der Waals surface area contributed by atoms with E-state index in [2.05, 4.69) is 5.32 Å². The molecular weight excluding hydrogens is 396 g/mol. The molecule has 0 aromatic heterocycles. The van der Waals surface area contributed by atoms with E-state index in [-0.39, 0.29) is 16.8 Å². The molecule has 0 aliphatic heterocycles. The molecule has 0 radical (unpaired) electrons. The van der Waals surface area contributed by atoms with Crippen LogP contribution in [0.3, 0.4) is 0 Å². The number of nitrogens with zero attached hydrogens (tertiary/aromatic N) is 1. The average molecular weight is 423 g/mol. The molecule has 0 spiro atoms. The topological polar surface area (TPSA) is 66.5 Å². The molecule has 1 unspecified atom stereocenters. The molecular formula is C24H26N2O3S. The number of anilines is 1. The van der Waals surface area contributed by atoms with Crippen LogP contribution in [0.4, 0.5) is 5.69 Å². The van der Waals surface area contributed by atoms with Crippen LogP contribution in [0.2, 0.25) is 0 Å². The minimum atomic E-state index is -3.80. The summed E-state index contributed by atoms with van der Waals surface area (Å²) in [6.07, 6.45) is 0. The Balaban J connectivity index is 1.84. The molecule has 30 heavy (non-hydrogen) atoms. The Morgan fingerprint density at radius 3 is 2.33 bits per heavy atom. The molecule has 3 aromatic carbocycles. The van der Waals surface area contributed by atoms with Gasteiger partial charge in [-0.05, 0) is 67.8 Å². The largest absolute Gasteiger partial charge is 0.346 e. The molecule has 5 nitrogen and oxygen atoms in total. The summed E-state index contributed by atoms with van der Waals surface area (Å²) < 4.78 is 27.4. The predicted octanol–water partition coefficient (Wildman–Crippen LogP) is 4.62. The summed E-state index contributed by atoms with van der Waals surface area (Å²) in [5, 5.41) is 2.95. The predicted molar refractivity (Wildman–Crippen MR) is 120 cm³/mol. The van der Waals surface area contributed by atoms with Crippen LogP contribution in [-0.2, 0) is 10.0 Å². The number of benzene rings is 3. The zero-order chi connectivity index (χ0) is 21.9. The summed E-state index contributed by atoms with van der Waals surface area (Å²) in [6.45, 7) is 5.81. The zero-order valence-electron chi connectivity index (χ0n) is 17.6. The van der Waals surface area contributed by atoms with Crippen molar-refractivity contribution >= 4 is 21.6 Å². The van der Waals surface area contributed by atoms with E-state index in [1.54, 1.807) is 24.3 Å². The number of carbonyl (C=O) groups excluding carboxylic acids is 1. The summed E-state index contributed by atoms with van der Waals surface area (Å²) in [7, 11) is -2.29. The summed E-state index contributed by atoms with van der Waals surface area (Å²) in [4.78, 5) is 12.9. The third-order valence-electron chi connectivity index (χ3n) is 5.12. The SMILES string of the molecule is Cc1cccc(N(C)S(=O)(=O)c2cccc(C(=O)NC(C)c3ccccc3C)c2)c1. The number of sulfonamides is 1. The number of hydrogen-bond acceptors (Lipinski definition) is 3. The molecule has 0 aliphatic rings. The lowest BCUT2D eigenvalue weighted by atomic mass is 10.0. The van der Waals surface area contributed by atoms with E-state index < -0.39 is 10.0 Å². The fraction of sp³-hybridized carbons (Fsp3) is 0.208. The maximum atomic E-state index is 13.1. The Kier molecular flexibility index (Phi) is 6.27. The van der Waals surface area contributed by atoms with E-state index in [1.165, 1.54) is 23.5 Å². The van der Waals surface area contributed by atoms with Crippen molar-refractivity contribution in [1.82, 2.24) is 5.32 Å². The molecule has 3 rings (SSSR count). The molecule has 0 aliphatic carbocycles. The van der Waals surface area contributed by atoms with Crippen molar-refractivity contribution in [3.8, 4) is 0 Å². The van der Waals surface area contributed by atoms with E-state index in [1.807, 2.05) is 57.2 Å². The highest BCUT2D eigenvalue weighted by atomic mass is 32.2. The second-order valence-corrected chi connectivity index (χ2v) is 9.36. The number of rotatable bonds is 6. The molecule has 6 heteroatoms. The molecule has 156 valence electrons. The minimum absolute atomic E-state index is 0.0719. The van der Waals surface area contributed by atoms with Crippen molar-refractivity contribution in [2.45, 2.75) is 31.7 Å². The Morgan fingerprint density at radius 1 is 0.933 bits per heavy atom. The van der Waals surface area contributed by atoms with Crippen LogP contribution >= 0.6 is 0 Å². The third-order valence-corrected chi connectivity index (χ3v) is 6.90. The van der Waals surface area contributed by atoms with E-state index in [0.717, 1.165) is 16.7 Å². The fourth-order valence-corrected chi connectivity index (χ4v) is 4.58. The van der Waals surface area contributed by atoms with E-state index in [9.17, 15) is 13.2 Å². The van der Waals surface area contributed by atoms with Crippen molar-refractivity contribution in [3.63, 3.8) is 0 Å². The lowest BCUT2D eigenvalue weighted by Crippen LogP contribution is -2.29. The number of amides is 1. The van der Waals surface area contributed by atoms with E-state index >= 15 is 0 Å². The van der Waals surface area contributed by atoms with Crippen LogP contribution in [0.5, 0.6) is 0 Å². The lowest BCUT2D eigenvalue weighted by Gasteiger charge is -2.20. The van der Waals surface area contributed by atoms with Gasteiger partial charge in [0.1, 0.15) is 0 Å². The minimum Gasteiger partial charge on any atom is -0.346 e. The van der Waals surface area contributed by atoms with Crippen molar-refractivity contribution in [1.29, 1.82) is 0 Å². The molecule has 1 N–H and O–H groups in total. The first-order chi connectivity index (χ1) is 14.2. The van der Waals surface area contributed by atoms with Gasteiger partial charge in [0, 0.05) is 12.6 Å². The molecule has 0 heterocycles. The van der Waals surface area contributed by atoms with Crippen molar-refractivity contribution in [2.75, 3.05) is 11.4 Å². The standard InChI is InChI=1S/C24H26N2O3S/c1-17-9-7-12-21(15-17)26(4)30(28,29)22-13-8-11-20(16-22)24(27)25-19(3)23-14-6-5-10-18(23)2/h5-16,19H,1-4H3,(H,25,27). The molecule has 0 saturated heterocycles. The normalized spacial score (nSPS) is 12.3. The van der Waals surface area contributed by atoms with E-state index in [0.29, 0.717) is 11.3 Å². The maximum absolute atomic E-state index is 13.1. The van der Waals surface area contributed by atoms with Crippen LogP contribution in [0.25, 0.3) is 0 Å². The maximum Gasteiger partial charge on any atom is 0.264 e. The van der Waals surface area contributed by atoms with Crippen molar-refractivity contribution in [2.24, 2.45) is 0 Å². The third kappa shape index (κ3) is 4.54. The highest BCUT2D eigenvalue weighted by molar-refractivity contribution is 7.92. The van der Waals surface area contributed by atoms with Gasteiger partial charge in [0.25, 0.3) is 15.9 Å². The number of aryl methyl sites for hydroxylation is 2. The number of hydrogen-bond donors (Lipinski definition) is 1. The highest BCUT2D eigenvalue weighted by Gasteiger charge is 2.23. The van der Waals surface area contributed by atoms with Crippen LogP contribution in [-0.4, -0.2) is 21.4 Å². The Morgan fingerprint density at radius 2 is 1.63 bits per heavy atom. The second-order valence-electron chi connectivity index (χ2n) is 7.39. The summed E-state index contributed by atoms with van der Waals surface area (Å²) in [6, 6.07) is 21.0. The van der Waals surface area contributed by atoms with Gasteiger partial charge < -0.3 is 5.32 Å². The van der Waals surface area contributed by atoms with Crippen LogP contribution in [0.15, 0.2) is 77.7 Å². The monoisotopic (exact) mass is 422 g/mol. The van der Waals surface area contributed by atoms with Gasteiger partial charge in [0.15, 0.2) is 0 Å². The smallest absolute Gasteiger partial charge is 0.264 e. The first-order valence-electron chi connectivity index (χ1n) is 9.72. The van der Waals surface area contributed by atoms with Gasteiger partial charge in [-0.2, -0.15) is 0 Å². The van der Waals surface area contributed by atoms with Gasteiger partial charge >= 0.3 is 0 Å². The van der Waals surface area contributed by atoms with Gasteiger partial charge in [-0.15, -0.1) is 0 Å². The van der Waals surface area contributed by atoms with Crippen LogP contribution in [0, 0.1) is 13.8 Å². The molecule has 0 fully saturated rings. The summed E-state index contributed by atoms with van der Waals surface area (Å²) in [5.74, 6) is -0.319. The number of nitrogens with one attached hydrogen (secondary N) is 1. The van der Waals surface area contributed by atoms with Gasteiger partial charge in [-0.3, -0.25) is 9.10 Å². The van der Waals surface area contributed by atoms with Crippen molar-refractivity contribution < 1.29 is 13.2 Å². The van der Waals surface area contributed by atoms with E-state index in [4.69, 9.17) is 0 Å². The molecule has 1 amide bonds. The quantitative estimate of drug-likeness (QED) is 0.630. The Hall–Kier alpha value is -3.12. The average Bonchev–Trinajstić information content (AvgIpc) is 2.73. The van der Waals surface area contributed by atoms with Gasteiger partial charge in [-0.1, -0.05) is 42.5 Å². The van der Waals surface area contributed by atoms with Crippen molar-refractivity contribution in [3.05, 3.63) is 95.1 Å². The first kappa shape index (κ1) is 21.6. The van der Waals surface area contributed by atoms with Gasteiger partial charge in [0.05, 0.1) is 16.6 Å². The van der Waals surface area contributed by atoms with Gasteiger partial charge in [0.2, 0.25) is 0 Å². The summed E-state index contributed by atoms with van der Waals surface area (Å²) in [5.41, 5.74) is 3.94. The van der Waals surface area contributed by atoms with Gasteiger partial charge in [-0.25, -0.2) is 8.42 Å². The second kappa shape index (κ2) is 8.71. The highest BCUT2D eigenvalue weighted by Crippen LogP contribution is 2.24. The van der Waals surface area contributed by atoms with Crippen LogP contribution in [0.1, 0.15) is 40.0 Å². The lowest BCUT2D eigenvalue weighted by molar-refractivity contribution is 0.0939. The fourth-order valence-electron chi connectivity index (χ4n) is 3.35. The molecule has 3 aromatic rings. The summed E-state index contributed by atoms with van der Waals surface area (Å²) >= 11 is 0. The Bertz CT molecular complexity index is 1170. The molecule has 0 saturated carbocycles. The van der Waals surface area contributed by atoms with Crippen LogP contribution < -0.4 is 9.62 Å². The first-order valence-corrected chi connectivity index (χ1v) is 11.2.